The maximum Gasteiger partial charge on any atom is 0.0925 e. The van der Waals surface area contributed by atoms with Crippen molar-refractivity contribution in [2.24, 2.45) is 23.2 Å². The van der Waals surface area contributed by atoms with Crippen LogP contribution >= 0.6 is 0 Å². The molecule has 3 saturated carbocycles. The van der Waals surface area contributed by atoms with Crippen LogP contribution in [0.15, 0.2) is 6.33 Å². The van der Waals surface area contributed by atoms with Crippen molar-refractivity contribution in [3.63, 3.8) is 0 Å². The van der Waals surface area contributed by atoms with E-state index >= 15 is 0 Å². The Bertz CT molecular complexity index is 435. The lowest BCUT2D eigenvalue weighted by molar-refractivity contribution is -0.115. The molecule has 1 aromatic heterocycles. The Labute approximate surface area is 110 Å². The third-order valence-electron chi connectivity index (χ3n) is 5.82. The van der Waals surface area contributed by atoms with Crippen LogP contribution in [0.1, 0.15) is 45.0 Å². The van der Waals surface area contributed by atoms with E-state index in [1.54, 1.807) is 6.33 Å². The van der Waals surface area contributed by atoms with Gasteiger partial charge in [-0.25, -0.2) is 4.98 Å². The van der Waals surface area contributed by atoms with Crippen molar-refractivity contribution in [1.82, 2.24) is 15.3 Å². The number of hydrogen-bond donors (Lipinski definition) is 2. The van der Waals surface area contributed by atoms with Crippen molar-refractivity contribution in [1.29, 1.82) is 0 Å². The summed E-state index contributed by atoms with van der Waals surface area (Å²) in [6, 6.07) is 0.679. The van der Waals surface area contributed by atoms with Gasteiger partial charge in [-0.2, -0.15) is 0 Å². The Balaban J connectivity index is 1.61. The molecule has 4 rings (SSSR count). The summed E-state index contributed by atoms with van der Waals surface area (Å²) in [4.78, 5) is 7.51. The van der Waals surface area contributed by atoms with Crippen molar-refractivity contribution in [2.45, 2.75) is 53.1 Å². The molecule has 0 aromatic carbocycles. The number of imidazole rings is 1. The minimum atomic E-state index is 0.583. The molecule has 0 aliphatic heterocycles. The minimum absolute atomic E-state index is 0.583. The molecule has 18 heavy (non-hydrogen) atoms. The smallest absolute Gasteiger partial charge is 0.0925 e. The number of aromatic nitrogens is 2. The normalized spacial score (nSPS) is 37.3. The molecule has 0 radical (unpaired) electrons. The Morgan fingerprint density at radius 2 is 2.22 bits per heavy atom. The average molecular weight is 247 g/mol. The first kappa shape index (κ1) is 12.2. The van der Waals surface area contributed by atoms with Crippen LogP contribution < -0.4 is 5.32 Å². The summed E-state index contributed by atoms with van der Waals surface area (Å²) >= 11 is 0. The zero-order valence-corrected chi connectivity index (χ0v) is 12.0. The molecule has 2 N–H and O–H groups in total. The maximum absolute atomic E-state index is 4.37. The van der Waals surface area contributed by atoms with Gasteiger partial charge in [0.25, 0.3) is 0 Å². The summed E-state index contributed by atoms with van der Waals surface area (Å²) < 4.78 is 0. The highest BCUT2D eigenvalue weighted by molar-refractivity contribution is 5.10. The fourth-order valence-corrected chi connectivity index (χ4v) is 4.21. The van der Waals surface area contributed by atoms with Crippen LogP contribution in [0.5, 0.6) is 0 Å². The summed E-state index contributed by atoms with van der Waals surface area (Å²) in [5.41, 5.74) is 2.94. The van der Waals surface area contributed by atoms with E-state index in [0.29, 0.717) is 11.5 Å². The number of rotatable bonds is 3. The van der Waals surface area contributed by atoms with Gasteiger partial charge in [-0.05, 0) is 42.9 Å². The molecule has 3 fully saturated rings. The van der Waals surface area contributed by atoms with Crippen molar-refractivity contribution < 1.29 is 0 Å². The van der Waals surface area contributed by atoms with E-state index in [4.69, 9.17) is 0 Å². The topological polar surface area (TPSA) is 40.7 Å². The van der Waals surface area contributed by atoms with Gasteiger partial charge in [0.1, 0.15) is 0 Å². The van der Waals surface area contributed by atoms with Gasteiger partial charge in [-0.3, -0.25) is 0 Å². The molecule has 3 heteroatoms. The van der Waals surface area contributed by atoms with Gasteiger partial charge in [0.15, 0.2) is 0 Å². The van der Waals surface area contributed by atoms with E-state index in [-0.39, 0.29) is 0 Å². The number of H-pyrrole nitrogens is 1. The fourth-order valence-electron chi connectivity index (χ4n) is 4.21. The van der Waals surface area contributed by atoms with Crippen LogP contribution in [0, 0.1) is 30.1 Å². The van der Waals surface area contributed by atoms with Gasteiger partial charge in [0, 0.05) is 18.3 Å². The summed E-state index contributed by atoms with van der Waals surface area (Å²) in [6.07, 6.45) is 4.58. The molecule has 1 aromatic rings. The third-order valence-corrected chi connectivity index (χ3v) is 5.82. The molecule has 2 bridgehead atoms. The first-order valence-electron chi connectivity index (χ1n) is 7.22. The van der Waals surface area contributed by atoms with Crippen molar-refractivity contribution in [2.75, 3.05) is 0 Å². The lowest BCUT2D eigenvalue weighted by Crippen LogP contribution is -2.59. The molecule has 1 heterocycles. The quantitative estimate of drug-likeness (QED) is 0.862. The molecule has 0 saturated heterocycles. The highest BCUT2D eigenvalue weighted by atomic mass is 15.0. The Morgan fingerprint density at radius 1 is 1.44 bits per heavy atom. The monoisotopic (exact) mass is 247 g/mol. The molecule has 100 valence electrons. The minimum Gasteiger partial charge on any atom is -0.348 e. The van der Waals surface area contributed by atoms with Crippen LogP contribution in [0.2, 0.25) is 0 Å². The second-order valence-corrected chi connectivity index (χ2v) is 6.92. The van der Waals surface area contributed by atoms with Crippen molar-refractivity contribution >= 4 is 0 Å². The zero-order chi connectivity index (χ0) is 12.9. The number of nitrogens with zero attached hydrogens (tertiary/aromatic N) is 1. The van der Waals surface area contributed by atoms with Crippen LogP contribution in [-0.4, -0.2) is 16.0 Å². The molecule has 0 unspecified atom stereocenters. The predicted octanol–water partition coefficient (Wildman–Crippen LogP) is 2.88. The highest BCUT2D eigenvalue weighted by Crippen LogP contribution is 2.61. The number of nitrogens with one attached hydrogen (secondary N) is 2. The van der Waals surface area contributed by atoms with Crippen molar-refractivity contribution in [3.8, 4) is 0 Å². The third kappa shape index (κ3) is 1.71. The van der Waals surface area contributed by atoms with E-state index < -0.39 is 0 Å². The summed E-state index contributed by atoms with van der Waals surface area (Å²) in [7, 11) is 0. The van der Waals surface area contributed by atoms with Gasteiger partial charge in [0.05, 0.1) is 12.0 Å². The molecule has 0 amide bonds. The summed E-state index contributed by atoms with van der Waals surface area (Å²) in [6.45, 7) is 10.3. The summed E-state index contributed by atoms with van der Waals surface area (Å²) in [5, 5.41) is 3.73. The first-order valence-corrected chi connectivity index (χ1v) is 7.22. The Kier molecular flexibility index (Phi) is 2.77. The average Bonchev–Trinajstić information content (AvgIpc) is 2.73. The van der Waals surface area contributed by atoms with Crippen LogP contribution in [0.25, 0.3) is 0 Å². The van der Waals surface area contributed by atoms with Crippen LogP contribution in [-0.2, 0) is 6.54 Å². The predicted molar refractivity (Wildman–Crippen MR) is 73.1 cm³/mol. The molecule has 3 nitrogen and oxygen atoms in total. The fraction of sp³-hybridized carbons (Fsp3) is 0.800. The van der Waals surface area contributed by atoms with E-state index in [0.717, 1.165) is 24.3 Å². The Hall–Kier alpha value is -0.830. The largest absolute Gasteiger partial charge is 0.348 e. The van der Waals surface area contributed by atoms with Gasteiger partial charge in [-0.1, -0.05) is 20.8 Å². The molecular weight excluding hydrogens is 222 g/mol. The SMILES string of the molecule is Cc1[nH]cnc1CN[C@@H]1C[C@@H]2C[C@H]([C@H]1C)C2(C)C. The van der Waals surface area contributed by atoms with Gasteiger partial charge < -0.3 is 10.3 Å². The number of hydrogen-bond acceptors (Lipinski definition) is 2. The molecule has 4 atom stereocenters. The van der Waals surface area contributed by atoms with Crippen molar-refractivity contribution in [3.05, 3.63) is 17.7 Å². The summed E-state index contributed by atoms with van der Waals surface area (Å²) in [5.74, 6) is 2.63. The van der Waals surface area contributed by atoms with Crippen LogP contribution in [0.4, 0.5) is 0 Å². The zero-order valence-electron chi connectivity index (χ0n) is 12.0. The molecular formula is C15H25N3. The molecule has 3 aliphatic carbocycles. The number of aryl methyl sites for hydroxylation is 1. The van der Waals surface area contributed by atoms with Crippen LogP contribution in [0.3, 0.4) is 0 Å². The molecule has 3 aliphatic rings. The lowest BCUT2D eigenvalue weighted by atomic mass is 9.45. The van der Waals surface area contributed by atoms with E-state index in [9.17, 15) is 0 Å². The molecule has 0 spiro atoms. The Morgan fingerprint density at radius 3 is 2.78 bits per heavy atom. The lowest BCUT2D eigenvalue weighted by Gasteiger charge is -2.62. The highest BCUT2D eigenvalue weighted by Gasteiger charge is 2.55. The standard InChI is InChI=1S/C15H25N3/c1-9-12-5-11(15(12,3)4)6-13(9)16-7-14-10(2)17-8-18-14/h8-9,11-13,16H,5-7H2,1-4H3,(H,17,18)/t9-,11+,12-,13-/m1/s1. The van der Waals surface area contributed by atoms with E-state index in [2.05, 4.69) is 43.0 Å². The number of aromatic amines is 1. The number of fused-ring (bicyclic) bond motifs is 2. The van der Waals surface area contributed by atoms with E-state index in [1.165, 1.54) is 24.2 Å². The van der Waals surface area contributed by atoms with Gasteiger partial charge >= 0.3 is 0 Å². The maximum atomic E-state index is 4.37. The van der Waals surface area contributed by atoms with E-state index in [1.807, 2.05) is 0 Å². The first-order chi connectivity index (χ1) is 8.50. The second-order valence-electron chi connectivity index (χ2n) is 6.92. The van der Waals surface area contributed by atoms with Gasteiger partial charge in [0.2, 0.25) is 0 Å². The second kappa shape index (κ2) is 4.09. The van der Waals surface area contributed by atoms with Gasteiger partial charge in [-0.15, -0.1) is 0 Å².